The fourth-order valence-corrected chi connectivity index (χ4v) is 1.51. The van der Waals surface area contributed by atoms with E-state index in [1.807, 2.05) is 13.8 Å². The van der Waals surface area contributed by atoms with Gasteiger partial charge in [0.1, 0.15) is 0 Å². The Morgan fingerprint density at radius 1 is 1.64 bits per heavy atom. The van der Waals surface area contributed by atoms with E-state index in [0.29, 0.717) is 0 Å². The van der Waals surface area contributed by atoms with E-state index in [1.165, 1.54) is 0 Å². The van der Waals surface area contributed by atoms with Crippen molar-refractivity contribution >= 4 is 17.7 Å². The molecule has 0 aromatic rings. The fourth-order valence-electron chi connectivity index (χ4n) is 0.621. The highest BCUT2D eigenvalue weighted by Crippen LogP contribution is 2.14. The summed E-state index contributed by atoms with van der Waals surface area (Å²) in [7, 11) is 0. The third-order valence-electron chi connectivity index (χ3n) is 1.11. The zero-order valence-electron chi connectivity index (χ0n) is 6.91. The first-order chi connectivity index (χ1) is 5.02. The van der Waals surface area contributed by atoms with Gasteiger partial charge in [0.2, 0.25) is 0 Å². The van der Waals surface area contributed by atoms with E-state index >= 15 is 0 Å². The van der Waals surface area contributed by atoms with Crippen molar-refractivity contribution in [3.05, 3.63) is 0 Å². The third kappa shape index (κ3) is 7.68. The van der Waals surface area contributed by atoms with Crippen LogP contribution in [0.15, 0.2) is 0 Å². The molecule has 0 heterocycles. The molecule has 0 aliphatic rings. The van der Waals surface area contributed by atoms with E-state index < -0.39 is 5.97 Å². The van der Waals surface area contributed by atoms with Gasteiger partial charge in [-0.3, -0.25) is 4.79 Å². The summed E-state index contributed by atoms with van der Waals surface area (Å²) in [4.78, 5) is 10.2. The predicted octanol–water partition coefficient (Wildman–Crippen LogP) is 0.930. The van der Waals surface area contributed by atoms with Gasteiger partial charge in [0.25, 0.3) is 0 Å². The van der Waals surface area contributed by atoms with Gasteiger partial charge in [-0.25, -0.2) is 0 Å². The van der Waals surface area contributed by atoms with Gasteiger partial charge in [0.15, 0.2) is 0 Å². The summed E-state index contributed by atoms with van der Waals surface area (Å²) in [5.41, 5.74) is 5.50. The van der Waals surface area contributed by atoms with Crippen molar-refractivity contribution in [2.75, 3.05) is 5.75 Å². The lowest BCUT2D eigenvalue weighted by atomic mass is 10.3. The standard InChI is InChI=1S/C7H15NO2S/c1-5(8)4-11-6(2)3-7(9)10/h5-6H,3-4,8H2,1-2H3,(H,9,10). The number of hydrogen-bond donors (Lipinski definition) is 2. The molecule has 0 bridgehead atoms. The predicted molar refractivity (Wildman–Crippen MR) is 47.8 cm³/mol. The Bertz CT molecular complexity index is 128. The minimum absolute atomic E-state index is 0.149. The summed E-state index contributed by atoms with van der Waals surface area (Å²) in [6, 6.07) is 0.149. The van der Waals surface area contributed by atoms with Crippen LogP contribution in [0.2, 0.25) is 0 Å². The van der Waals surface area contributed by atoms with Crippen LogP contribution in [0.25, 0.3) is 0 Å². The van der Waals surface area contributed by atoms with Crippen LogP contribution in [0.5, 0.6) is 0 Å². The molecule has 0 aromatic heterocycles. The second kappa shape index (κ2) is 5.43. The molecule has 0 spiro atoms. The molecule has 0 amide bonds. The highest BCUT2D eigenvalue weighted by Gasteiger charge is 2.08. The van der Waals surface area contributed by atoms with E-state index in [-0.39, 0.29) is 17.7 Å². The Kier molecular flexibility index (Phi) is 5.32. The minimum Gasteiger partial charge on any atom is -0.481 e. The molecule has 3 nitrogen and oxygen atoms in total. The van der Waals surface area contributed by atoms with Crippen LogP contribution in [-0.4, -0.2) is 28.1 Å². The van der Waals surface area contributed by atoms with Crippen LogP contribution in [0, 0.1) is 0 Å². The molecule has 0 rings (SSSR count). The molecular formula is C7H15NO2S. The highest BCUT2D eigenvalue weighted by atomic mass is 32.2. The third-order valence-corrected chi connectivity index (χ3v) is 2.56. The summed E-state index contributed by atoms with van der Waals surface area (Å²) in [5.74, 6) is 0.0868. The molecule has 4 heteroatoms. The van der Waals surface area contributed by atoms with E-state index in [2.05, 4.69) is 0 Å². The van der Waals surface area contributed by atoms with Crippen molar-refractivity contribution in [3.63, 3.8) is 0 Å². The zero-order valence-corrected chi connectivity index (χ0v) is 7.73. The van der Waals surface area contributed by atoms with Gasteiger partial charge in [0.05, 0.1) is 6.42 Å². The number of rotatable bonds is 5. The molecule has 0 saturated heterocycles. The van der Waals surface area contributed by atoms with Crippen molar-refractivity contribution < 1.29 is 9.90 Å². The van der Waals surface area contributed by atoms with E-state index in [0.717, 1.165) is 5.75 Å². The molecule has 2 unspecified atom stereocenters. The summed E-state index contributed by atoms with van der Waals surface area (Å²) in [6.45, 7) is 3.82. The first kappa shape index (κ1) is 10.8. The van der Waals surface area contributed by atoms with Crippen LogP contribution in [0.4, 0.5) is 0 Å². The fraction of sp³-hybridized carbons (Fsp3) is 0.857. The van der Waals surface area contributed by atoms with Gasteiger partial charge in [-0.2, -0.15) is 11.8 Å². The lowest BCUT2D eigenvalue weighted by molar-refractivity contribution is -0.136. The van der Waals surface area contributed by atoms with E-state index in [1.54, 1.807) is 11.8 Å². The lowest BCUT2D eigenvalue weighted by Gasteiger charge is -2.09. The first-order valence-corrected chi connectivity index (χ1v) is 4.66. The van der Waals surface area contributed by atoms with Crippen LogP contribution in [0.3, 0.4) is 0 Å². The molecular weight excluding hydrogens is 162 g/mol. The number of thioether (sulfide) groups is 1. The topological polar surface area (TPSA) is 63.3 Å². The molecule has 0 aliphatic heterocycles. The normalized spacial score (nSPS) is 15.9. The Morgan fingerprint density at radius 3 is 2.55 bits per heavy atom. The first-order valence-electron chi connectivity index (χ1n) is 3.61. The maximum atomic E-state index is 10.2. The van der Waals surface area contributed by atoms with Gasteiger partial charge >= 0.3 is 5.97 Å². The van der Waals surface area contributed by atoms with Gasteiger partial charge in [-0.15, -0.1) is 0 Å². The number of carbonyl (C=O) groups is 1. The highest BCUT2D eigenvalue weighted by molar-refractivity contribution is 7.99. The largest absolute Gasteiger partial charge is 0.481 e. The maximum Gasteiger partial charge on any atom is 0.304 e. The monoisotopic (exact) mass is 177 g/mol. The number of hydrogen-bond acceptors (Lipinski definition) is 3. The molecule has 0 aliphatic carbocycles. The second-order valence-corrected chi connectivity index (χ2v) is 4.19. The van der Waals surface area contributed by atoms with E-state index in [4.69, 9.17) is 10.8 Å². The smallest absolute Gasteiger partial charge is 0.304 e. The van der Waals surface area contributed by atoms with Gasteiger partial charge in [-0.1, -0.05) is 6.92 Å². The van der Waals surface area contributed by atoms with Crippen molar-refractivity contribution in [1.29, 1.82) is 0 Å². The Hall–Kier alpha value is -0.220. The summed E-state index contributed by atoms with van der Waals surface area (Å²) in [5, 5.41) is 8.57. The van der Waals surface area contributed by atoms with Gasteiger partial charge in [-0.05, 0) is 6.92 Å². The molecule has 0 fully saturated rings. The van der Waals surface area contributed by atoms with Crippen LogP contribution < -0.4 is 5.73 Å². The summed E-state index contributed by atoms with van der Waals surface area (Å²) in [6.07, 6.45) is 0.220. The number of aliphatic carboxylic acids is 1. The molecule has 0 aromatic carbocycles. The minimum atomic E-state index is -0.741. The Labute approximate surface area is 71.3 Å². The second-order valence-electron chi connectivity index (χ2n) is 2.72. The van der Waals surface area contributed by atoms with Crippen molar-refractivity contribution in [2.24, 2.45) is 5.73 Å². The maximum absolute atomic E-state index is 10.2. The van der Waals surface area contributed by atoms with E-state index in [9.17, 15) is 4.79 Å². The SMILES string of the molecule is CC(N)CSC(C)CC(=O)O. The molecule has 0 saturated carbocycles. The van der Waals surface area contributed by atoms with Crippen molar-refractivity contribution in [3.8, 4) is 0 Å². The molecule has 3 N–H and O–H groups in total. The van der Waals surface area contributed by atoms with Gasteiger partial charge in [0, 0.05) is 17.0 Å². The number of carboxylic acids is 1. The average Bonchev–Trinajstić information content (AvgIpc) is 1.82. The van der Waals surface area contributed by atoms with Crippen LogP contribution in [0.1, 0.15) is 20.3 Å². The Balaban J connectivity index is 3.37. The van der Waals surface area contributed by atoms with Crippen molar-refractivity contribution in [2.45, 2.75) is 31.6 Å². The number of nitrogens with two attached hydrogens (primary N) is 1. The molecule has 11 heavy (non-hydrogen) atoms. The molecule has 0 radical (unpaired) electrons. The van der Waals surface area contributed by atoms with Gasteiger partial charge < -0.3 is 10.8 Å². The average molecular weight is 177 g/mol. The Morgan fingerprint density at radius 2 is 2.18 bits per heavy atom. The lowest BCUT2D eigenvalue weighted by Crippen LogP contribution is -2.19. The molecule has 2 atom stereocenters. The summed E-state index contributed by atoms with van der Waals surface area (Å²) < 4.78 is 0. The molecule has 66 valence electrons. The number of carboxylic acid groups (broad SMARTS) is 1. The van der Waals surface area contributed by atoms with Crippen LogP contribution in [-0.2, 0) is 4.79 Å². The zero-order chi connectivity index (χ0) is 8.85. The van der Waals surface area contributed by atoms with Crippen LogP contribution >= 0.6 is 11.8 Å². The van der Waals surface area contributed by atoms with Crippen molar-refractivity contribution in [1.82, 2.24) is 0 Å². The quantitative estimate of drug-likeness (QED) is 0.655. The summed E-state index contributed by atoms with van der Waals surface area (Å²) >= 11 is 1.61.